The van der Waals surface area contributed by atoms with Crippen molar-refractivity contribution in [3.8, 4) is 0 Å². The van der Waals surface area contributed by atoms with E-state index in [0.717, 1.165) is 11.1 Å². The van der Waals surface area contributed by atoms with E-state index in [0.29, 0.717) is 24.0 Å². The molecular formula is C82H116N16O15. The van der Waals surface area contributed by atoms with Gasteiger partial charge in [-0.2, -0.15) is 0 Å². The zero-order valence-electron chi connectivity index (χ0n) is 66.2. The van der Waals surface area contributed by atoms with E-state index in [1.807, 2.05) is 39.8 Å². The molecule has 4 aromatic rings. The third kappa shape index (κ3) is 29.2. The molecule has 0 spiro atoms. The van der Waals surface area contributed by atoms with Crippen LogP contribution in [-0.2, 0) is 88.3 Å². The Hall–Kier alpha value is -11.1. The lowest BCUT2D eigenvalue weighted by Gasteiger charge is -2.32. The van der Waals surface area contributed by atoms with Gasteiger partial charge < -0.3 is 89.2 Å². The van der Waals surface area contributed by atoms with E-state index in [1.165, 1.54) is 9.80 Å². The van der Waals surface area contributed by atoms with Crippen LogP contribution in [0.15, 0.2) is 126 Å². The molecule has 0 radical (unpaired) electrons. The number of hydrogen-bond donors (Lipinski definition) is 13. The van der Waals surface area contributed by atoms with E-state index in [9.17, 15) is 28.8 Å². The van der Waals surface area contributed by atoms with Crippen molar-refractivity contribution in [2.45, 2.75) is 225 Å². The van der Waals surface area contributed by atoms with Crippen LogP contribution in [0.4, 0.5) is 9.59 Å². The van der Waals surface area contributed by atoms with Crippen molar-refractivity contribution in [2.75, 3.05) is 32.7 Å². The summed E-state index contributed by atoms with van der Waals surface area (Å²) < 4.78 is 10.8. The summed E-state index contributed by atoms with van der Waals surface area (Å²) in [6.45, 7) is 14.0. The van der Waals surface area contributed by atoms with Crippen molar-refractivity contribution >= 4 is 83.1 Å². The van der Waals surface area contributed by atoms with E-state index in [4.69, 9.17) is 20.9 Å². The number of alkyl carbamates (subject to hydrolysis) is 2. The fourth-order valence-corrected chi connectivity index (χ4v) is 13.8. The van der Waals surface area contributed by atoms with Crippen LogP contribution in [0.2, 0.25) is 0 Å². The number of nitrogens with zero attached hydrogens (tertiary/aromatic N) is 3. The number of amides is 13. The highest BCUT2D eigenvalue weighted by Crippen LogP contribution is 2.24. The predicted octanol–water partition coefficient (Wildman–Crippen LogP) is 3.70. The molecule has 0 unspecified atom stereocenters. The molecule has 3 aliphatic heterocycles. The Bertz CT molecular complexity index is 3850. The number of carbonyl (C=O) groups is 13. The van der Waals surface area contributed by atoms with Crippen molar-refractivity contribution in [2.24, 2.45) is 40.1 Å². The molecule has 0 aromatic heterocycles. The SMILES string of the molecule is CC(C)C[C@@H]1NC(=O)[C@H](CCCNC(=O)OCc2ccccc2)NC(=O)[C@H](C(C)C)NC(=O)[C@@H]2CCCN2C(=O)[C@@H](Cc2ccccc2)NC(=O)[C@H](CC(C)C)NC(=O)[C@H](CCCNC(=O)OCc2ccccc2)NC(=O)[C@H](C(C)C)NC(=O)[C@@H]2CCCN2C(=O)[C@@H](Cc2ccccc2)NC(=O)[C@H](CCCN=C(N)N)NC1=O. The van der Waals surface area contributed by atoms with Crippen LogP contribution in [0, 0.1) is 23.7 Å². The maximum Gasteiger partial charge on any atom is 0.407 e. The molecule has 0 bridgehead atoms. The maximum absolute atomic E-state index is 15.4. The Balaban J connectivity index is 1.28. The first kappa shape index (κ1) is 89.1. The number of carbonyl (C=O) groups excluding carboxylic acids is 13. The van der Waals surface area contributed by atoms with E-state index in [1.54, 1.807) is 137 Å². The number of hydrogen-bond acceptors (Lipinski definition) is 16. The summed E-state index contributed by atoms with van der Waals surface area (Å²) in [5.74, 6) is -10.5. The summed E-state index contributed by atoms with van der Waals surface area (Å²) in [6.07, 6.45) is -0.753. The van der Waals surface area contributed by atoms with Gasteiger partial charge in [-0.05, 0) is 123 Å². The van der Waals surface area contributed by atoms with Gasteiger partial charge in [0.2, 0.25) is 65.0 Å². The molecule has 31 heteroatoms. The van der Waals surface area contributed by atoms with Crippen LogP contribution in [0.3, 0.4) is 0 Å². The molecule has 113 heavy (non-hydrogen) atoms. The summed E-state index contributed by atoms with van der Waals surface area (Å²) in [6, 6.07) is 20.9. The van der Waals surface area contributed by atoms with Crippen molar-refractivity contribution in [3.63, 3.8) is 0 Å². The molecule has 0 aliphatic carbocycles. The number of rotatable bonds is 26. The highest BCUT2D eigenvalue weighted by atomic mass is 16.6. The number of ether oxygens (including phenoxy) is 2. The molecule has 614 valence electrons. The Morgan fingerprint density at radius 3 is 1.05 bits per heavy atom. The molecule has 3 fully saturated rings. The largest absolute Gasteiger partial charge is 0.445 e. The molecule has 0 saturated carbocycles. The number of fused-ring (bicyclic) bond motifs is 2. The zero-order chi connectivity index (χ0) is 82.1. The summed E-state index contributed by atoms with van der Waals surface area (Å²) in [4.78, 5) is 198. The number of nitrogens with two attached hydrogens (primary N) is 2. The second-order valence-electron chi connectivity index (χ2n) is 30.6. The fourth-order valence-electron chi connectivity index (χ4n) is 13.8. The fraction of sp³-hybridized carbons (Fsp3) is 0.537. The average Bonchev–Trinajstić information content (AvgIpc) is 1.75. The predicted molar refractivity (Wildman–Crippen MR) is 423 cm³/mol. The third-order valence-electron chi connectivity index (χ3n) is 19.8. The summed E-state index contributed by atoms with van der Waals surface area (Å²) in [5, 5.41) is 31.0. The van der Waals surface area contributed by atoms with Gasteiger partial charge in [0, 0.05) is 45.6 Å². The zero-order valence-corrected chi connectivity index (χ0v) is 66.2. The topological polar surface area (TPSA) is 444 Å². The van der Waals surface area contributed by atoms with Gasteiger partial charge in [0.05, 0.1) is 0 Å². The monoisotopic (exact) mass is 1560 g/mol. The summed E-state index contributed by atoms with van der Waals surface area (Å²) >= 11 is 0. The molecule has 11 atom stereocenters. The quantitative estimate of drug-likeness (QED) is 0.0242. The van der Waals surface area contributed by atoms with Crippen LogP contribution < -0.4 is 70.0 Å². The maximum atomic E-state index is 15.4. The molecule has 3 aliphatic rings. The van der Waals surface area contributed by atoms with Gasteiger partial charge in [-0.25, -0.2) is 9.59 Å². The van der Waals surface area contributed by atoms with Crippen LogP contribution in [0.5, 0.6) is 0 Å². The van der Waals surface area contributed by atoms with Crippen molar-refractivity contribution in [1.82, 2.24) is 68.3 Å². The second kappa shape index (κ2) is 45.4. The number of benzene rings is 4. The van der Waals surface area contributed by atoms with E-state index < -0.39 is 155 Å². The minimum atomic E-state index is -1.44. The lowest BCUT2D eigenvalue weighted by Crippen LogP contribution is -2.61. The van der Waals surface area contributed by atoms with Crippen LogP contribution in [0.25, 0.3) is 0 Å². The Morgan fingerprint density at radius 1 is 0.407 bits per heavy atom. The lowest BCUT2D eigenvalue weighted by atomic mass is 9.99. The molecule has 13 amide bonds. The Kier molecular flexibility index (Phi) is 35.8. The van der Waals surface area contributed by atoms with Crippen LogP contribution in [0.1, 0.15) is 155 Å². The van der Waals surface area contributed by atoms with Crippen LogP contribution in [-0.4, -0.2) is 192 Å². The van der Waals surface area contributed by atoms with Gasteiger partial charge in [0.25, 0.3) is 0 Å². The number of guanidine groups is 1. The van der Waals surface area contributed by atoms with Crippen LogP contribution >= 0.6 is 0 Å². The molecule has 4 aromatic carbocycles. The Morgan fingerprint density at radius 2 is 0.717 bits per heavy atom. The lowest BCUT2D eigenvalue weighted by molar-refractivity contribution is -0.143. The molecule has 3 heterocycles. The minimum Gasteiger partial charge on any atom is -0.445 e. The van der Waals surface area contributed by atoms with Crippen molar-refractivity contribution < 1.29 is 71.8 Å². The molecule has 31 nitrogen and oxygen atoms in total. The van der Waals surface area contributed by atoms with Gasteiger partial charge >= 0.3 is 12.2 Å². The summed E-state index contributed by atoms with van der Waals surface area (Å²) in [5.41, 5.74) is 14.1. The highest BCUT2D eigenvalue weighted by Gasteiger charge is 2.44. The van der Waals surface area contributed by atoms with E-state index in [2.05, 4.69) is 63.5 Å². The second-order valence-corrected chi connectivity index (χ2v) is 30.6. The third-order valence-corrected chi connectivity index (χ3v) is 19.8. The number of aliphatic imine (C=N–C) groups is 1. The normalized spacial score (nSPS) is 23.1. The van der Waals surface area contributed by atoms with E-state index >= 15 is 33.6 Å². The molecule has 7 rings (SSSR count). The van der Waals surface area contributed by atoms with Gasteiger partial charge in [-0.3, -0.25) is 57.7 Å². The van der Waals surface area contributed by atoms with Gasteiger partial charge in [-0.15, -0.1) is 0 Å². The molecular weight excluding hydrogens is 1450 g/mol. The van der Waals surface area contributed by atoms with E-state index in [-0.39, 0.29) is 141 Å². The molecule has 15 N–H and O–H groups in total. The number of nitrogens with one attached hydrogen (secondary N) is 11. The first-order chi connectivity index (χ1) is 54.0. The Labute approximate surface area is 661 Å². The van der Waals surface area contributed by atoms with Crippen molar-refractivity contribution in [1.29, 1.82) is 0 Å². The minimum absolute atomic E-state index is 0.000823. The van der Waals surface area contributed by atoms with Crippen molar-refractivity contribution in [3.05, 3.63) is 144 Å². The first-order valence-electron chi connectivity index (χ1n) is 39.4. The molecule has 3 saturated heterocycles. The first-order valence-corrected chi connectivity index (χ1v) is 39.4. The highest BCUT2D eigenvalue weighted by molar-refractivity contribution is 6.00. The van der Waals surface area contributed by atoms with Gasteiger partial charge in [0.1, 0.15) is 79.7 Å². The smallest absolute Gasteiger partial charge is 0.407 e. The van der Waals surface area contributed by atoms with Gasteiger partial charge in [-0.1, -0.05) is 177 Å². The standard InChI is InChI=1S/C82H116N16O15/c1-50(2)44-61-72(102)88-58(34-21-39-85-80(83)84)71(101)93-63(46-54-26-13-9-14-27-54)78(108)97-42-24-37-65(97)74(104)95-68(53(7)8)77(107)90-60(36-23-41-87-82(111)113-49-57-32-19-12-20-33-57)70(100)92-62(45-51(3)4)73(103)94-64(47-55-28-15-10-16-29-55)79(109)98-43-25-38-66(98)75(105)96-67(52(5)6)76(106)89-59(69(99)91-61)35-22-40-86-81(110)112-48-56-30-17-11-18-31-56/h9-20,26-33,50-53,58-68H,21-25,34-49H2,1-8H3,(H,86,110)(H,87,111)(H,88,102)(H,89,106)(H,90,107)(H,91,99)(H,92,100)(H,93,101)(H,94,103)(H,95,104)(H,96,105)(H4,83,84,85)/t58-,59-,60-,61-,62-,63+,64+,65-,66-,67-,68-/m0/s1. The average molecular weight is 1570 g/mol. The van der Waals surface area contributed by atoms with Gasteiger partial charge in [0.15, 0.2) is 5.96 Å². The summed E-state index contributed by atoms with van der Waals surface area (Å²) in [7, 11) is 0.